The topological polar surface area (TPSA) is 95.8 Å². The average Bonchev–Trinajstić information content (AvgIpc) is 3.44. The fourth-order valence-corrected chi connectivity index (χ4v) is 5.67. The molecule has 2 aromatic heterocycles. The number of aromatic nitrogens is 1. The highest BCUT2D eigenvalue weighted by atomic mass is 32.2. The second-order valence-electron chi connectivity index (χ2n) is 7.59. The lowest BCUT2D eigenvalue weighted by atomic mass is 10.2. The number of anilines is 1. The first-order valence-electron chi connectivity index (χ1n) is 10.5. The third kappa shape index (κ3) is 4.93. The average molecular weight is 475 g/mol. The van der Waals surface area contributed by atoms with Crippen molar-refractivity contribution in [1.29, 1.82) is 0 Å². The Bertz CT molecular complexity index is 1160. The molecule has 1 N–H and O–H groups in total. The molecular formula is C22H26N4O4S2. The van der Waals surface area contributed by atoms with Crippen molar-refractivity contribution >= 4 is 33.0 Å². The number of nitrogens with zero attached hydrogens (tertiary/aromatic N) is 3. The molecule has 1 amide bonds. The first-order chi connectivity index (χ1) is 15.4. The number of amides is 1. The number of piperazine rings is 1. The molecule has 1 saturated heterocycles. The van der Waals surface area contributed by atoms with Crippen molar-refractivity contribution in [3.8, 4) is 10.8 Å². The summed E-state index contributed by atoms with van der Waals surface area (Å²) in [6.45, 7) is 7.22. The molecule has 3 heterocycles. The quantitative estimate of drug-likeness (QED) is 0.565. The maximum Gasteiger partial charge on any atom is 0.243 e. The number of oxazole rings is 1. The van der Waals surface area contributed by atoms with E-state index in [4.69, 9.17) is 4.42 Å². The van der Waals surface area contributed by atoms with E-state index in [-0.39, 0.29) is 17.2 Å². The van der Waals surface area contributed by atoms with Gasteiger partial charge in [-0.3, -0.25) is 4.79 Å². The Morgan fingerprint density at radius 1 is 1.16 bits per heavy atom. The van der Waals surface area contributed by atoms with Gasteiger partial charge < -0.3 is 14.6 Å². The predicted octanol–water partition coefficient (Wildman–Crippen LogP) is 3.22. The lowest BCUT2D eigenvalue weighted by Crippen LogP contribution is -2.48. The van der Waals surface area contributed by atoms with Crippen molar-refractivity contribution in [3.63, 3.8) is 0 Å². The summed E-state index contributed by atoms with van der Waals surface area (Å²) in [5.74, 6) is 0.869. The molecule has 1 aliphatic heterocycles. The van der Waals surface area contributed by atoms with E-state index < -0.39 is 10.0 Å². The van der Waals surface area contributed by atoms with Crippen LogP contribution in [0.4, 0.5) is 5.69 Å². The monoisotopic (exact) mass is 474 g/mol. The van der Waals surface area contributed by atoms with Crippen LogP contribution in [0.3, 0.4) is 0 Å². The fourth-order valence-electron chi connectivity index (χ4n) is 3.60. The Morgan fingerprint density at radius 3 is 2.50 bits per heavy atom. The minimum atomic E-state index is -3.54. The number of hydrogen-bond donors (Lipinski definition) is 1. The molecule has 0 atom stereocenters. The maximum atomic E-state index is 12.9. The summed E-state index contributed by atoms with van der Waals surface area (Å²) in [5.41, 5.74) is 1.11. The second kappa shape index (κ2) is 9.53. The van der Waals surface area contributed by atoms with E-state index in [2.05, 4.69) is 22.1 Å². The van der Waals surface area contributed by atoms with Crippen LogP contribution in [0.5, 0.6) is 0 Å². The summed E-state index contributed by atoms with van der Waals surface area (Å²) >= 11 is 1.52. The van der Waals surface area contributed by atoms with E-state index in [9.17, 15) is 13.2 Å². The van der Waals surface area contributed by atoms with Gasteiger partial charge in [-0.25, -0.2) is 13.4 Å². The first kappa shape index (κ1) is 22.7. The second-order valence-corrected chi connectivity index (χ2v) is 10.5. The van der Waals surface area contributed by atoms with Gasteiger partial charge in [0, 0.05) is 31.9 Å². The van der Waals surface area contributed by atoms with Gasteiger partial charge >= 0.3 is 0 Å². The molecule has 4 rings (SSSR count). The van der Waals surface area contributed by atoms with Gasteiger partial charge in [-0.15, -0.1) is 11.3 Å². The molecule has 1 fully saturated rings. The van der Waals surface area contributed by atoms with Crippen LogP contribution in [0, 0.1) is 6.92 Å². The number of aryl methyl sites for hydroxylation is 1. The molecule has 32 heavy (non-hydrogen) atoms. The van der Waals surface area contributed by atoms with Crippen LogP contribution in [-0.2, 0) is 21.2 Å². The summed E-state index contributed by atoms with van der Waals surface area (Å²) in [6, 6.07) is 10.1. The Labute approximate surface area is 191 Å². The zero-order chi connectivity index (χ0) is 22.7. The molecule has 0 bridgehead atoms. The van der Waals surface area contributed by atoms with Gasteiger partial charge in [0.25, 0.3) is 0 Å². The van der Waals surface area contributed by atoms with Crippen LogP contribution >= 0.6 is 11.3 Å². The highest BCUT2D eigenvalue weighted by Crippen LogP contribution is 2.26. The number of nitrogens with one attached hydrogen (secondary N) is 1. The van der Waals surface area contributed by atoms with Crippen molar-refractivity contribution in [2.75, 3.05) is 38.0 Å². The van der Waals surface area contributed by atoms with Crippen molar-refractivity contribution in [2.45, 2.75) is 25.2 Å². The molecule has 0 radical (unpaired) electrons. The summed E-state index contributed by atoms with van der Waals surface area (Å²) in [5, 5.41) is 4.74. The first-order valence-corrected chi connectivity index (χ1v) is 12.8. The fraction of sp³-hybridized carbons (Fsp3) is 0.364. The van der Waals surface area contributed by atoms with E-state index in [1.54, 1.807) is 19.1 Å². The zero-order valence-electron chi connectivity index (χ0n) is 18.1. The van der Waals surface area contributed by atoms with Gasteiger partial charge in [0.15, 0.2) is 0 Å². The van der Waals surface area contributed by atoms with E-state index >= 15 is 0 Å². The van der Waals surface area contributed by atoms with Crippen molar-refractivity contribution < 1.29 is 17.6 Å². The number of hydrogen-bond acceptors (Lipinski definition) is 7. The summed E-state index contributed by atoms with van der Waals surface area (Å²) in [6.07, 6.45) is 0.0719. The van der Waals surface area contributed by atoms with Gasteiger partial charge in [-0.2, -0.15) is 4.31 Å². The number of benzene rings is 1. The van der Waals surface area contributed by atoms with Crippen molar-refractivity contribution in [2.24, 2.45) is 0 Å². The van der Waals surface area contributed by atoms with E-state index in [1.165, 1.54) is 27.8 Å². The molecule has 8 nitrogen and oxygen atoms in total. The molecular weight excluding hydrogens is 448 g/mol. The largest absolute Gasteiger partial charge is 0.440 e. The van der Waals surface area contributed by atoms with Crippen LogP contribution in [0.15, 0.2) is 51.1 Å². The van der Waals surface area contributed by atoms with E-state index in [0.717, 1.165) is 24.5 Å². The highest BCUT2D eigenvalue weighted by Gasteiger charge is 2.28. The molecule has 0 saturated carbocycles. The number of carbonyl (C=O) groups excluding carboxylic acids is 1. The van der Waals surface area contributed by atoms with Crippen LogP contribution in [-0.4, -0.2) is 61.2 Å². The van der Waals surface area contributed by atoms with Crippen molar-refractivity contribution in [1.82, 2.24) is 14.2 Å². The molecule has 170 valence electrons. The Kier molecular flexibility index (Phi) is 6.75. The minimum Gasteiger partial charge on any atom is -0.440 e. The van der Waals surface area contributed by atoms with Gasteiger partial charge in [0.1, 0.15) is 5.76 Å². The third-order valence-corrected chi connectivity index (χ3v) is 8.28. The SMILES string of the molecule is CCN1CCN(S(=O)(=O)c2ccc(NC(=O)Cc3nc(-c4cccs4)oc3C)cc2)CC1. The summed E-state index contributed by atoms with van der Waals surface area (Å²) in [7, 11) is -3.54. The molecule has 0 unspecified atom stereocenters. The number of thiophene rings is 1. The van der Waals surface area contributed by atoms with Gasteiger partial charge in [-0.1, -0.05) is 13.0 Å². The van der Waals surface area contributed by atoms with Crippen LogP contribution < -0.4 is 5.32 Å². The molecule has 3 aromatic rings. The zero-order valence-corrected chi connectivity index (χ0v) is 19.7. The predicted molar refractivity (Wildman–Crippen MR) is 124 cm³/mol. The Balaban J connectivity index is 1.38. The molecule has 1 aliphatic rings. The van der Waals surface area contributed by atoms with Crippen LogP contribution in [0.1, 0.15) is 18.4 Å². The molecule has 0 aliphatic carbocycles. The molecule has 1 aromatic carbocycles. The van der Waals surface area contributed by atoms with Gasteiger partial charge in [0.2, 0.25) is 21.8 Å². The van der Waals surface area contributed by atoms with Crippen molar-refractivity contribution in [3.05, 3.63) is 53.2 Å². The van der Waals surface area contributed by atoms with E-state index in [0.29, 0.717) is 36.1 Å². The van der Waals surface area contributed by atoms with Crippen LogP contribution in [0.2, 0.25) is 0 Å². The van der Waals surface area contributed by atoms with Crippen LogP contribution in [0.25, 0.3) is 10.8 Å². The highest BCUT2D eigenvalue weighted by molar-refractivity contribution is 7.89. The number of carbonyl (C=O) groups is 1. The minimum absolute atomic E-state index is 0.0719. The maximum absolute atomic E-state index is 12.9. The Hall–Kier alpha value is -2.53. The van der Waals surface area contributed by atoms with Gasteiger partial charge in [-0.05, 0) is 49.2 Å². The lowest BCUT2D eigenvalue weighted by Gasteiger charge is -2.33. The van der Waals surface area contributed by atoms with E-state index in [1.807, 2.05) is 17.5 Å². The number of likely N-dealkylation sites (N-methyl/N-ethyl adjacent to an activating group) is 1. The lowest BCUT2D eigenvalue weighted by molar-refractivity contribution is -0.115. The smallest absolute Gasteiger partial charge is 0.243 e. The Morgan fingerprint density at radius 2 is 1.88 bits per heavy atom. The normalized spacial score (nSPS) is 15.7. The molecule has 10 heteroatoms. The summed E-state index contributed by atoms with van der Waals surface area (Å²) < 4.78 is 33.0. The summed E-state index contributed by atoms with van der Waals surface area (Å²) in [4.78, 5) is 20.3. The number of sulfonamides is 1. The standard InChI is InChI=1S/C22H26N4O4S2/c1-3-25-10-12-26(13-11-25)32(28,29)18-8-6-17(7-9-18)23-21(27)15-19-16(2)30-22(24-19)20-5-4-14-31-20/h4-9,14H,3,10-13,15H2,1-2H3,(H,23,27). The molecule has 0 spiro atoms. The third-order valence-electron chi connectivity index (χ3n) is 5.51. The van der Waals surface area contributed by atoms with Gasteiger partial charge in [0.05, 0.1) is 21.9 Å². The number of rotatable bonds is 7.